The molecule has 1 aliphatic rings. The van der Waals surface area contributed by atoms with Gasteiger partial charge in [-0.05, 0) is 39.8 Å². The molecule has 1 aromatic carbocycles. The summed E-state index contributed by atoms with van der Waals surface area (Å²) in [5, 5.41) is 9.03. The lowest BCUT2D eigenvalue weighted by Crippen LogP contribution is -2.48. The third-order valence-electron chi connectivity index (χ3n) is 5.92. The Labute approximate surface area is 184 Å². The first-order chi connectivity index (χ1) is 14.8. The molecule has 2 aromatic heterocycles. The third kappa shape index (κ3) is 4.17. The molecule has 0 amide bonds. The first-order valence-electron chi connectivity index (χ1n) is 10.7. The lowest BCUT2D eigenvalue weighted by Gasteiger charge is -2.33. The predicted molar refractivity (Wildman–Crippen MR) is 120 cm³/mol. The van der Waals surface area contributed by atoms with Crippen molar-refractivity contribution in [2.75, 3.05) is 26.2 Å². The van der Waals surface area contributed by atoms with Crippen LogP contribution in [0.5, 0.6) is 0 Å². The Morgan fingerprint density at radius 1 is 0.935 bits per heavy atom. The van der Waals surface area contributed by atoms with Crippen molar-refractivity contribution in [3.8, 4) is 5.69 Å². The summed E-state index contributed by atoms with van der Waals surface area (Å²) in [5.41, 5.74) is 4.28. The summed E-state index contributed by atoms with van der Waals surface area (Å²) in [6, 6.07) is 9.63. The second-order valence-electron chi connectivity index (χ2n) is 8.02. The fraction of sp³-hybridized carbons (Fsp3) is 0.455. The van der Waals surface area contributed by atoms with E-state index >= 15 is 0 Å². The first kappa shape index (κ1) is 21.7. The Morgan fingerprint density at radius 2 is 1.61 bits per heavy atom. The van der Waals surface area contributed by atoms with E-state index in [1.807, 2.05) is 48.9 Å². The molecule has 0 bridgehead atoms. The molecule has 9 heteroatoms. The zero-order valence-corrected chi connectivity index (χ0v) is 19.4. The van der Waals surface area contributed by atoms with Gasteiger partial charge in [0.25, 0.3) is 0 Å². The van der Waals surface area contributed by atoms with Crippen LogP contribution in [0.1, 0.15) is 29.6 Å². The number of rotatable bonds is 6. The summed E-state index contributed by atoms with van der Waals surface area (Å²) < 4.78 is 32.2. The highest BCUT2D eigenvalue weighted by Crippen LogP contribution is 2.26. The largest absolute Gasteiger partial charge is 0.296 e. The number of nitrogens with zero attached hydrogens (tertiary/aromatic N) is 6. The molecule has 4 rings (SSSR count). The molecule has 31 heavy (non-hydrogen) atoms. The predicted octanol–water partition coefficient (Wildman–Crippen LogP) is 2.52. The number of para-hydroxylation sites is 1. The van der Waals surface area contributed by atoms with Crippen LogP contribution in [0.15, 0.2) is 41.4 Å². The molecule has 0 aliphatic carbocycles. The van der Waals surface area contributed by atoms with Gasteiger partial charge in [-0.15, -0.1) is 0 Å². The number of sulfonamides is 1. The van der Waals surface area contributed by atoms with Crippen molar-refractivity contribution in [2.45, 2.75) is 45.7 Å². The maximum absolute atomic E-state index is 13.5. The molecule has 1 aliphatic heterocycles. The van der Waals surface area contributed by atoms with E-state index in [0.29, 0.717) is 42.5 Å². The van der Waals surface area contributed by atoms with Crippen LogP contribution in [0.3, 0.4) is 0 Å². The van der Waals surface area contributed by atoms with Crippen molar-refractivity contribution >= 4 is 10.0 Å². The lowest BCUT2D eigenvalue weighted by molar-refractivity contribution is 0.181. The summed E-state index contributed by atoms with van der Waals surface area (Å²) in [6.07, 6.45) is 2.09. The highest BCUT2D eigenvalue weighted by atomic mass is 32.2. The Bertz CT molecular complexity index is 1160. The summed E-state index contributed by atoms with van der Waals surface area (Å²) in [5.74, 6) is 0. The number of aryl methyl sites for hydroxylation is 3. The monoisotopic (exact) mass is 442 g/mol. The summed E-state index contributed by atoms with van der Waals surface area (Å²) in [4.78, 5) is 2.62. The number of hydrogen-bond donors (Lipinski definition) is 0. The number of benzene rings is 1. The van der Waals surface area contributed by atoms with Gasteiger partial charge in [0.05, 0.1) is 22.8 Å². The van der Waals surface area contributed by atoms with Gasteiger partial charge in [-0.2, -0.15) is 14.5 Å². The molecule has 0 unspecified atom stereocenters. The molecule has 0 spiro atoms. The van der Waals surface area contributed by atoms with Crippen LogP contribution in [0.4, 0.5) is 0 Å². The van der Waals surface area contributed by atoms with Gasteiger partial charge < -0.3 is 0 Å². The minimum absolute atomic E-state index is 0.324. The van der Waals surface area contributed by atoms with Crippen molar-refractivity contribution < 1.29 is 8.42 Å². The van der Waals surface area contributed by atoms with Gasteiger partial charge in [0, 0.05) is 51.0 Å². The van der Waals surface area contributed by atoms with Crippen molar-refractivity contribution in [1.82, 2.24) is 28.8 Å². The molecule has 0 N–H and O–H groups in total. The second-order valence-corrected chi connectivity index (χ2v) is 9.90. The van der Waals surface area contributed by atoms with Crippen LogP contribution in [0.2, 0.25) is 0 Å². The molecule has 0 radical (unpaired) electrons. The van der Waals surface area contributed by atoms with E-state index in [0.717, 1.165) is 24.5 Å². The van der Waals surface area contributed by atoms with Gasteiger partial charge in [0.1, 0.15) is 4.90 Å². The van der Waals surface area contributed by atoms with Crippen LogP contribution >= 0.6 is 0 Å². The minimum Gasteiger partial charge on any atom is -0.296 e. The van der Waals surface area contributed by atoms with E-state index in [2.05, 4.69) is 28.2 Å². The van der Waals surface area contributed by atoms with E-state index in [9.17, 15) is 8.42 Å². The Kier molecular flexibility index (Phi) is 6.00. The van der Waals surface area contributed by atoms with E-state index in [4.69, 9.17) is 0 Å². The highest BCUT2D eigenvalue weighted by molar-refractivity contribution is 7.89. The molecule has 8 nitrogen and oxygen atoms in total. The maximum atomic E-state index is 13.5. The molecule has 1 saturated heterocycles. The summed E-state index contributed by atoms with van der Waals surface area (Å²) in [7, 11) is -3.61. The first-order valence-corrected chi connectivity index (χ1v) is 12.1. The smallest absolute Gasteiger partial charge is 0.246 e. The normalized spacial score (nSPS) is 16.1. The van der Waals surface area contributed by atoms with Crippen molar-refractivity contribution in [3.63, 3.8) is 0 Å². The summed E-state index contributed by atoms with van der Waals surface area (Å²) in [6.45, 7) is 11.7. The second kappa shape index (κ2) is 8.57. The van der Waals surface area contributed by atoms with Crippen LogP contribution in [0.25, 0.3) is 5.69 Å². The number of piperazine rings is 1. The average molecular weight is 443 g/mol. The quantitative estimate of drug-likeness (QED) is 0.586. The van der Waals surface area contributed by atoms with Crippen LogP contribution in [-0.4, -0.2) is 63.4 Å². The van der Waals surface area contributed by atoms with Gasteiger partial charge in [-0.1, -0.05) is 18.2 Å². The van der Waals surface area contributed by atoms with Crippen molar-refractivity contribution in [2.24, 2.45) is 0 Å². The van der Waals surface area contributed by atoms with Gasteiger partial charge in [0.2, 0.25) is 10.0 Å². The average Bonchev–Trinajstić information content (AvgIpc) is 3.27. The molecule has 1 fully saturated rings. The fourth-order valence-corrected chi connectivity index (χ4v) is 5.97. The van der Waals surface area contributed by atoms with Crippen LogP contribution < -0.4 is 0 Å². The minimum atomic E-state index is -3.61. The number of hydrogen-bond acceptors (Lipinski definition) is 5. The van der Waals surface area contributed by atoms with E-state index < -0.39 is 10.0 Å². The van der Waals surface area contributed by atoms with Crippen molar-refractivity contribution in [1.29, 1.82) is 0 Å². The van der Waals surface area contributed by atoms with Gasteiger partial charge in [-0.25, -0.2) is 13.1 Å². The number of aromatic nitrogens is 4. The van der Waals surface area contributed by atoms with Gasteiger partial charge in [-0.3, -0.25) is 9.58 Å². The Balaban J connectivity index is 1.49. The Morgan fingerprint density at radius 3 is 2.23 bits per heavy atom. The summed E-state index contributed by atoms with van der Waals surface area (Å²) >= 11 is 0. The SMILES string of the molecule is CCn1cc(CN2CCN(S(=O)(=O)c3c(C)nn(-c4ccccc4)c3C)CC2)c(C)n1. The highest BCUT2D eigenvalue weighted by Gasteiger charge is 2.33. The Hall–Kier alpha value is -2.49. The zero-order chi connectivity index (χ0) is 22.2. The van der Waals surface area contributed by atoms with Gasteiger partial charge >= 0.3 is 0 Å². The molecule has 0 atom stereocenters. The molecule has 0 saturated carbocycles. The zero-order valence-electron chi connectivity index (χ0n) is 18.6. The molecular formula is C22H30N6O2S. The van der Waals surface area contributed by atoms with Crippen molar-refractivity contribution in [3.05, 3.63) is 59.2 Å². The molecule has 3 heterocycles. The topological polar surface area (TPSA) is 76.3 Å². The molecule has 166 valence electrons. The van der Waals surface area contributed by atoms with E-state index in [1.165, 1.54) is 5.56 Å². The van der Waals surface area contributed by atoms with Crippen LogP contribution in [0, 0.1) is 20.8 Å². The van der Waals surface area contributed by atoms with Crippen LogP contribution in [-0.2, 0) is 23.1 Å². The standard InChI is InChI=1S/C22H30N6O2S/c1-5-26-16-20(17(2)23-26)15-25-11-13-27(14-12-25)31(29,30)22-18(3)24-28(19(22)4)21-9-7-6-8-10-21/h6-10,16H,5,11-15H2,1-4H3. The molecular weight excluding hydrogens is 412 g/mol. The lowest BCUT2D eigenvalue weighted by atomic mass is 10.2. The maximum Gasteiger partial charge on any atom is 0.246 e. The third-order valence-corrected chi connectivity index (χ3v) is 8.07. The molecule has 3 aromatic rings. The van der Waals surface area contributed by atoms with E-state index in [-0.39, 0.29) is 0 Å². The van der Waals surface area contributed by atoms with E-state index in [1.54, 1.807) is 15.9 Å². The fourth-order valence-electron chi connectivity index (χ4n) is 4.20. The van der Waals surface area contributed by atoms with Gasteiger partial charge in [0.15, 0.2) is 0 Å².